The Labute approximate surface area is 204 Å². The summed E-state index contributed by atoms with van der Waals surface area (Å²) in [7, 11) is 0. The molecule has 4 N–H and O–H groups in total. The van der Waals surface area contributed by atoms with Crippen LogP contribution in [0.2, 0.25) is 0 Å². The highest BCUT2D eigenvalue weighted by Gasteiger charge is 2.26. The van der Waals surface area contributed by atoms with Gasteiger partial charge in [0.25, 0.3) is 0 Å². The Morgan fingerprint density at radius 3 is 2.57 bits per heavy atom. The Bertz CT molecular complexity index is 1410. The number of H-pyrrole nitrogens is 2. The Kier molecular flexibility index (Phi) is 4.85. The van der Waals surface area contributed by atoms with Crippen molar-refractivity contribution in [1.29, 1.82) is 0 Å². The van der Waals surface area contributed by atoms with Crippen LogP contribution in [-0.2, 0) is 6.61 Å². The summed E-state index contributed by atoms with van der Waals surface area (Å²) < 4.78 is 6.12. The first-order valence-corrected chi connectivity index (χ1v) is 12.4. The van der Waals surface area contributed by atoms with Crippen molar-refractivity contribution < 1.29 is 4.74 Å². The number of fused-ring (bicyclic) bond motifs is 3. The maximum Gasteiger partial charge on any atom is 0.130 e. The van der Waals surface area contributed by atoms with Gasteiger partial charge in [0.1, 0.15) is 24.0 Å². The largest absolute Gasteiger partial charge is 0.487 e. The van der Waals surface area contributed by atoms with Crippen LogP contribution in [0.25, 0.3) is 33.6 Å². The summed E-state index contributed by atoms with van der Waals surface area (Å²) in [6, 6.07) is 15.4. The van der Waals surface area contributed by atoms with Crippen molar-refractivity contribution in [3.05, 3.63) is 78.2 Å². The molecule has 0 spiro atoms. The third kappa shape index (κ3) is 3.59. The molecule has 35 heavy (non-hydrogen) atoms. The van der Waals surface area contributed by atoms with Crippen LogP contribution in [0.3, 0.4) is 0 Å². The van der Waals surface area contributed by atoms with Crippen molar-refractivity contribution in [2.24, 2.45) is 0 Å². The highest BCUT2D eigenvalue weighted by Crippen LogP contribution is 2.40. The number of aromatic amines is 2. The number of rotatable bonds is 4. The number of nitrogens with zero attached hydrogens (tertiary/aromatic N) is 2. The molecule has 7 heteroatoms. The third-order valence-electron chi connectivity index (χ3n) is 7.40. The molecule has 0 unspecified atom stereocenters. The van der Waals surface area contributed by atoms with Crippen LogP contribution >= 0.6 is 0 Å². The van der Waals surface area contributed by atoms with Crippen LogP contribution in [0.15, 0.2) is 60.8 Å². The molecule has 0 saturated carbocycles. The van der Waals surface area contributed by atoms with Crippen LogP contribution < -0.4 is 15.4 Å². The lowest BCUT2D eigenvalue weighted by Crippen LogP contribution is -2.14. The zero-order chi connectivity index (χ0) is 23.4. The molecule has 2 aromatic carbocycles. The van der Waals surface area contributed by atoms with Gasteiger partial charge < -0.3 is 25.3 Å². The second-order valence-electron chi connectivity index (χ2n) is 9.65. The minimum absolute atomic E-state index is 0.124. The molecule has 7 nitrogen and oxygen atoms in total. The molecule has 5 heterocycles. The van der Waals surface area contributed by atoms with Crippen LogP contribution in [0.5, 0.6) is 5.75 Å². The second-order valence-corrected chi connectivity index (χ2v) is 9.65. The fourth-order valence-electron chi connectivity index (χ4n) is 5.43. The summed E-state index contributed by atoms with van der Waals surface area (Å²) in [4.78, 5) is 16.5. The number of ether oxygens (including phenoxy) is 1. The van der Waals surface area contributed by atoms with Gasteiger partial charge in [-0.3, -0.25) is 0 Å². The monoisotopic (exact) mass is 464 g/mol. The van der Waals surface area contributed by atoms with Gasteiger partial charge in [-0.25, -0.2) is 9.97 Å². The summed E-state index contributed by atoms with van der Waals surface area (Å²) in [6.07, 6.45) is 5.23. The highest BCUT2D eigenvalue weighted by atomic mass is 16.5. The molecule has 2 saturated heterocycles. The van der Waals surface area contributed by atoms with E-state index < -0.39 is 0 Å². The molecule has 2 fully saturated rings. The van der Waals surface area contributed by atoms with Crippen molar-refractivity contribution in [2.45, 2.75) is 38.0 Å². The molecule has 7 rings (SSSR count). The fourth-order valence-corrected chi connectivity index (χ4v) is 5.43. The van der Waals surface area contributed by atoms with Gasteiger partial charge in [-0.05, 0) is 61.2 Å². The molecular weight excluding hydrogens is 436 g/mol. The van der Waals surface area contributed by atoms with Gasteiger partial charge in [-0.2, -0.15) is 0 Å². The molecular formula is C28H28N6O. The second kappa shape index (κ2) is 8.22. The average molecular weight is 465 g/mol. The standard InChI is InChI=1S/C28H28N6O/c1-16-10-12-30-25(16)28-31-14-22(32-28)18-6-4-17(5-7-18)19-8-9-20-24(13-19)35-15-23-26(20)34-27(33-23)21-3-2-11-29-21/h4-9,13-14,21,25,29-30H,1-3,10-12,15H2,(H,31,32)(H,33,34)/t21-,25-/m0/s1. The first-order valence-electron chi connectivity index (χ1n) is 12.4. The molecule has 3 aliphatic heterocycles. The van der Waals surface area contributed by atoms with Crippen LogP contribution in [0, 0.1) is 0 Å². The number of hydrogen-bond donors (Lipinski definition) is 4. The summed E-state index contributed by atoms with van der Waals surface area (Å²) >= 11 is 0. The summed E-state index contributed by atoms with van der Waals surface area (Å²) in [5.41, 5.74) is 8.72. The van der Waals surface area contributed by atoms with E-state index in [-0.39, 0.29) is 6.04 Å². The minimum atomic E-state index is 0.124. The van der Waals surface area contributed by atoms with Gasteiger partial charge >= 0.3 is 0 Å². The molecule has 0 amide bonds. The third-order valence-corrected chi connectivity index (χ3v) is 7.40. The van der Waals surface area contributed by atoms with Gasteiger partial charge in [0, 0.05) is 5.56 Å². The number of benzene rings is 2. The van der Waals surface area contributed by atoms with E-state index in [9.17, 15) is 0 Å². The molecule has 2 aromatic heterocycles. The van der Waals surface area contributed by atoms with Crippen LogP contribution in [0.1, 0.15) is 48.7 Å². The Balaban J connectivity index is 1.13. The molecule has 4 aromatic rings. The molecule has 176 valence electrons. The molecule has 0 radical (unpaired) electrons. The van der Waals surface area contributed by atoms with Crippen molar-refractivity contribution in [2.75, 3.05) is 13.1 Å². The maximum atomic E-state index is 6.12. The SMILES string of the molecule is C=C1CCN[C@@H]1c1ncc(-c2ccc(-c3ccc4c(c3)OCc3[nH]c([C@@H]5CCCN5)nc3-4)cc2)[nH]1. The van der Waals surface area contributed by atoms with E-state index in [1.54, 1.807) is 0 Å². The average Bonchev–Trinajstić information content (AvgIpc) is 3.70. The van der Waals surface area contributed by atoms with Crippen LogP contribution in [-0.4, -0.2) is 33.0 Å². The summed E-state index contributed by atoms with van der Waals surface area (Å²) in [5, 5.41) is 6.97. The Hall–Kier alpha value is -3.68. The van der Waals surface area contributed by atoms with E-state index in [0.717, 1.165) is 82.7 Å². The lowest BCUT2D eigenvalue weighted by Gasteiger charge is -2.17. The van der Waals surface area contributed by atoms with Gasteiger partial charge in [0.2, 0.25) is 0 Å². The van der Waals surface area contributed by atoms with Gasteiger partial charge in [-0.1, -0.05) is 42.5 Å². The van der Waals surface area contributed by atoms with E-state index in [4.69, 9.17) is 9.72 Å². The van der Waals surface area contributed by atoms with E-state index >= 15 is 0 Å². The topological polar surface area (TPSA) is 90.7 Å². The van der Waals surface area contributed by atoms with Gasteiger partial charge in [0.15, 0.2) is 0 Å². The number of imidazole rings is 2. The van der Waals surface area contributed by atoms with E-state index in [1.165, 1.54) is 12.0 Å². The van der Waals surface area contributed by atoms with Crippen molar-refractivity contribution in [3.8, 4) is 39.4 Å². The highest BCUT2D eigenvalue weighted by molar-refractivity contribution is 5.77. The lowest BCUT2D eigenvalue weighted by molar-refractivity contribution is 0.297. The molecule has 2 atom stereocenters. The van der Waals surface area contributed by atoms with Crippen molar-refractivity contribution in [1.82, 2.24) is 30.6 Å². The van der Waals surface area contributed by atoms with E-state index in [1.807, 2.05) is 6.20 Å². The quantitative estimate of drug-likeness (QED) is 0.318. The molecule has 3 aliphatic rings. The smallest absolute Gasteiger partial charge is 0.130 e. The van der Waals surface area contributed by atoms with E-state index in [0.29, 0.717) is 12.6 Å². The van der Waals surface area contributed by atoms with E-state index in [2.05, 4.69) is 74.6 Å². The Morgan fingerprint density at radius 2 is 1.77 bits per heavy atom. The first kappa shape index (κ1) is 20.7. The first-order chi connectivity index (χ1) is 17.2. The molecule has 0 aliphatic carbocycles. The van der Waals surface area contributed by atoms with Gasteiger partial charge in [-0.15, -0.1) is 0 Å². The molecule has 0 bridgehead atoms. The predicted octanol–water partition coefficient (Wildman–Crippen LogP) is 5.04. The fraction of sp³-hybridized carbons (Fsp3) is 0.286. The normalized spacial score (nSPS) is 21.1. The maximum absolute atomic E-state index is 6.12. The summed E-state index contributed by atoms with van der Waals surface area (Å²) in [5.74, 6) is 2.85. The van der Waals surface area contributed by atoms with Crippen molar-refractivity contribution in [3.63, 3.8) is 0 Å². The predicted molar refractivity (Wildman–Crippen MR) is 136 cm³/mol. The zero-order valence-electron chi connectivity index (χ0n) is 19.5. The Morgan fingerprint density at radius 1 is 0.914 bits per heavy atom. The number of nitrogens with one attached hydrogen (secondary N) is 4. The number of hydrogen-bond acceptors (Lipinski definition) is 5. The van der Waals surface area contributed by atoms with Crippen LogP contribution in [0.4, 0.5) is 0 Å². The summed E-state index contributed by atoms with van der Waals surface area (Å²) in [6.45, 7) is 6.70. The van der Waals surface area contributed by atoms with Gasteiger partial charge in [0.05, 0.1) is 35.4 Å². The zero-order valence-corrected chi connectivity index (χ0v) is 19.5. The lowest BCUT2D eigenvalue weighted by atomic mass is 9.99. The number of aromatic nitrogens is 4. The minimum Gasteiger partial charge on any atom is -0.487 e. The van der Waals surface area contributed by atoms with Crippen molar-refractivity contribution >= 4 is 0 Å².